The van der Waals surface area contributed by atoms with Crippen molar-refractivity contribution in [2.24, 2.45) is 10.9 Å². The Labute approximate surface area is 116 Å². The number of amidine groups is 1. The maximum atomic E-state index is 12.3. The molecule has 6 heteroatoms. The molecule has 0 amide bonds. The van der Waals surface area contributed by atoms with Gasteiger partial charge in [0.05, 0.1) is 0 Å². The van der Waals surface area contributed by atoms with Crippen LogP contribution in [-0.4, -0.2) is 41.8 Å². The number of rotatable bonds is 3. The number of hydrogen-bond acceptors (Lipinski definition) is 6. The van der Waals surface area contributed by atoms with Crippen LogP contribution in [0.5, 0.6) is 0 Å². The van der Waals surface area contributed by atoms with Gasteiger partial charge in [-0.3, -0.25) is 19.6 Å². The number of aliphatic imine (C=N–C) groups is 1. The van der Waals surface area contributed by atoms with Gasteiger partial charge < -0.3 is 10.1 Å². The normalized spacial score (nSPS) is 25.9. The zero-order valence-electron chi connectivity index (χ0n) is 10.9. The van der Waals surface area contributed by atoms with Gasteiger partial charge in [-0.2, -0.15) is 0 Å². The second kappa shape index (κ2) is 5.40. The molecule has 2 atom stereocenters. The van der Waals surface area contributed by atoms with Crippen molar-refractivity contribution in [3.05, 3.63) is 30.1 Å². The highest BCUT2D eigenvalue weighted by Gasteiger charge is 2.46. The van der Waals surface area contributed by atoms with Gasteiger partial charge in [-0.1, -0.05) is 0 Å². The first-order chi connectivity index (χ1) is 9.75. The lowest BCUT2D eigenvalue weighted by atomic mass is 9.97. The van der Waals surface area contributed by atoms with Crippen molar-refractivity contribution >= 4 is 17.6 Å². The molecular weight excluding hydrogens is 258 g/mol. The van der Waals surface area contributed by atoms with Gasteiger partial charge in [-0.05, 0) is 24.1 Å². The summed E-state index contributed by atoms with van der Waals surface area (Å²) in [5.41, 5.74) is 0.922. The molecule has 0 aliphatic carbocycles. The largest absolute Gasteiger partial charge is 0.453 e. The average Bonchev–Trinajstić information content (AvgIpc) is 2.75. The molecule has 0 saturated carbocycles. The maximum absolute atomic E-state index is 12.3. The molecule has 0 bridgehead atoms. The minimum atomic E-state index is -0.873. The van der Waals surface area contributed by atoms with E-state index in [2.05, 4.69) is 15.3 Å². The summed E-state index contributed by atoms with van der Waals surface area (Å²) >= 11 is 0. The van der Waals surface area contributed by atoms with Crippen LogP contribution in [0.2, 0.25) is 0 Å². The highest BCUT2D eigenvalue weighted by atomic mass is 16.6. The number of ketones is 1. The van der Waals surface area contributed by atoms with E-state index in [1.54, 1.807) is 12.4 Å². The third kappa shape index (κ3) is 2.41. The summed E-state index contributed by atoms with van der Waals surface area (Å²) in [6.07, 6.45) is 3.89. The van der Waals surface area contributed by atoms with E-state index >= 15 is 0 Å². The Kier molecular flexibility index (Phi) is 3.45. The Balaban J connectivity index is 1.75. The van der Waals surface area contributed by atoms with Crippen molar-refractivity contribution in [1.29, 1.82) is 0 Å². The Hall–Kier alpha value is -2.24. The standard InChI is InChI=1S/C14H15N3O3/c18-12-10(8-9-2-6-15-7-3-9)20-14(19)11(12)13-16-4-1-5-17-13/h2-3,6-7,10-11H,1,4-5,8H2,(H,16,17). The summed E-state index contributed by atoms with van der Waals surface area (Å²) in [5.74, 6) is -1.12. The zero-order chi connectivity index (χ0) is 13.9. The van der Waals surface area contributed by atoms with E-state index in [0.29, 0.717) is 18.8 Å². The molecule has 1 saturated heterocycles. The zero-order valence-corrected chi connectivity index (χ0v) is 10.9. The highest BCUT2D eigenvalue weighted by Crippen LogP contribution is 2.22. The van der Waals surface area contributed by atoms with Gasteiger partial charge in [-0.25, -0.2) is 0 Å². The molecule has 1 aromatic rings. The van der Waals surface area contributed by atoms with E-state index in [1.165, 1.54) is 0 Å². The Morgan fingerprint density at radius 3 is 2.80 bits per heavy atom. The number of ether oxygens (including phenoxy) is 1. The van der Waals surface area contributed by atoms with Crippen LogP contribution in [0.4, 0.5) is 0 Å². The molecule has 0 spiro atoms. The van der Waals surface area contributed by atoms with E-state index in [1.807, 2.05) is 12.1 Å². The number of nitrogens with one attached hydrogen (secondary N) is 1. The fraction of sp³-hybridized carbons (Fsp3) is 0.429. The fourth-order valence-corrected chi connectivity index (χ4v) is 2.43. The summed E-state index contributed by atoms with van der Waals surface area (Å²) in [5, 5.41) is 3.02. The van der Waals surface area contributed by atoms with Gasteiger partial charge >= 0.3 is 5.97 Å². The lowest BCUT2D eigenvalue weighted by Crippen LogP contribution is -2.41. The van der Waals surface area contributed by atoms with Crippen molar-refractivity contribution in [3.63, 3.8) is 0 Å². The quantitative estimate of drug-likeness (QED) is 0.625. The monoisotopic (exact) mass is 273 g/mol. The predicted octanol–water partition coefficient (Wildman–Crippen LogP) is 0.127. The topological polar surface area (TPSA) is 80.7 Å². The van der Waals surface area contributed by atoms with Crippen molar-refractivity contribution in [3.8, 4) is 0 Å². The molecule has 104 valence electrons. The molecular formula is C14H15N3O3. The van der Waals surface area contributed by atoms with Crippen molar-refractivity contribution in [1.82, 2.24) is 10.3 Å². The first kappa shape index (κ1) is 12.8. The molecule has 1 N–H and O–H groups in total. The van der Waals surface area contributed by atoms with Crippen LogP contribution in [0.25, 0.3) is 0 Å². The summed E-state index contributed by atoms with van der Waals surface area (Å²) < 4.78 is 5.21. The van der Waals surface area contributed by atoms with Gasteiger partial charge in [0.1, 0.15) is 5.84 Å². The molecule has 2 unspecified atom stereocenters. The van der Waals surface area contributed by atoms with Crippen LogP contribution in [0.1, 0.15) is 12.0 Å². The fourth-order valence-electron chi connectivity index (χ4n) is 2.43. The number of Topliss-reactive ketones (excluding diaryl/α,β-unsaturated/α-hetero) is 1. The van der Waals surface area contributed by atoms with Crippen LogP contribution >= 0.6 is 0 Å². The minimum absolute atomic E-state index is 0.208. The second-order valence-corrected chi connectivity index (χ2v) is 4.87. The first-order valence-corrected chi connectivity index (χ1v) is 6.67. The van der Waals surface area contributed by atoms with Gasteiger partial charge in [0.15, 0.2) is 17.8 Å². The Bertz CT molecular complexity index is 556. The molecule has 3 rings (SSSR count). The lowest BCUT2D eigenvalue weighted by molar-refractivity contribution is -0.143. The number of aromatic nitrogens is 1. The van der Waals surface area contributed by atoms with Crippen LogP contribution in [-0.2, 0) is 20.7 Å². The number of hydrogen-bond donors (Lipinski definition) is 1. The minimum Gasteiger partial charge on any atom is -0.453 e. The van der Waals surface area contributed by atoms with Crippen molar-refractivity contribution < 1.29 is 14.3 Å². The summed E-state index contributed by atoms with van der Waals surface area (Å²) in [6, 6.07) is 3.62. The predicted molar refractivity (Wildman–Crippen MR) is 71.2 cm³/mol. The molecule has 1 fully saturated rings. The molecule has 6 nitrogen and oxygen atoms in total. The number of carbonyl (C=O) groups is 2. The number of nitrogens with zero attached hydrogens (tertiary/aromatic N) is 2. The average molecular weight is 273 g/mol. The molecule has 1 aromatic heterocycles. The third-order valence-corrected chi connectivity index (χ3v) is 3.46. The highest BCUT2D eigenvalue weighted by molar-refractivity contribution is 6.22. The van der Waals surface area contributed by atoms with Crippen molar-refractivity contribution in [2.45, 2.75) is 18.9 Å². The molecule has 0 aromatic carbocycles. The van der Waals surface area contributed by atoms with E-state index in [9.17, 15) is 9.59 Å². The summed E-state index contributed by atoms with van der Waals surface area (Å²) in [6.45, 7) is 1.39. The molecule has 20 heavy (non-hydrogen) atoms. The number of pyridine rings is 1. The molecule has 0 radical (unpaired) electrons. The second-order valence-electron chi connectivity index (χ2n) is 4.87. The number of esters is 1. The molecule has 2 aliphatic heterocycles. The van der Waals surface area contributed by atoms with E-state index in [-0.39, 0.29) is 5.78 Å². The molecule has 3 heterocycles. The maximum Gasteiger partial charge on any atom is 0.325 e. The van der Waals surface area contributed by atoms with E-state index < -0.39 is 18.0 Å². The van der Waals surface area contributed by atoms with Crippen LogP contribution in [0.15, 0.2) is 29.5 Å². The third-order valence-electron chi connectivity index (χ3n) is 3.46. The van der Waals surface area contributed by atoms with Crippen LogP contribution in [0, 0.1) is 5.92 Å². The van der Waals surface area contributed by atoms with Crippen molar-refractivity contribution in [2.75, 3.05) is 13.1 Å². The SMILES string of the molecule is O=C1OC(Cc2ccncc2)C(=O)C1C1=NCCCN1. The Morgan fingerprint density at radius 1 is 1.30 bits per heavy atom. The van der Waals surface area contributed by atoms with E-state index in [0.717, 1.165) is 18.5 Å². The summed E-state index contributed by atoms with van der Waals surface area (Å²) in [7, 11) is 0. The lowest BCUT2D eigenvalue weighted by Gasteiger charge is -2.16. The smallest absolute Gasteiger partial charge is 0.325 e. The Morgan fingerprint density at radius 2 is 2.10 bits per heavy atom. The van der Waals surface area contributed by atoms with Gasteiger partial charge in [0, 0.05) is 31.9 Å². The van der Waals surface area contributed by atoms with Crippen LogP contribution < -0.4 is 5.32 Å². The van der Waals surface area contributed by atoms with Gasteiger partial charge in [0.25, 0.3) is 0 Å². The number of carbonyl (C=O) groups excluding carboxylic acids is 2. The number of cyclic esters (lactones) is 1. The van der Waals surface area contributed by atoms with Gasteiger partial charge in [0.2, 0.25) is 0 Å². The first-order valence-electron chi connectivity index (χ1n) is 6.67. The van der Waals surface area contributed by atoms with E-state index in [4.69, 9.17) is 4.74 Å². The van der Waals surface area contributed by atoms with Crippen LogP contribution in [0.3, 0.4) is 0 Å². The molecule has 2 aliphatic rings. The summed E-state index contributed by atoms with van der Waals surface area (Å²) in [4.78, 5) is 32.4. The van der Waals surface area contributed by atoms with Gasteiger partial charge in [-0.15, -0.1) is 0 Å².